The lowest BCUT2D eigenvalue weighted by molar-refractivity contribution is -0.134. The van der Waals surface area contributed by atoms with Gasteiger partial charge in [0.15, 0.2) is 5.78 Å². The van der Waals surface area contributed by atoms with E-state index in [0.29, 0.717) is 18.5 Å². The molecule has 1 aliphatic rings. The molecule has 1 aliphatic heterocycles. The first-order chi connectivity index (χ1) is 10.8. The van der Waals surface area contributed by atoms with Crippen molar-refractivity contribution < 1.29 is 14.3 Å². The van der Waals surface area contributed by atoms with Crippen molar-refractivity contribution >= 4 is 11.7 Å². The zero-order valence-corrected chi connectivity index (χ0v) is 14.6. The van der Waals surface area contributed by atoms with Crippen LogP contribution in [0.1, 0.15) is 50.4 Å². The number of carbonyl (C=O) groups is 2. The second kappa shape index (κ2) is 7.16. The SMILES string of the molecule is COc1ccc(C(=O)C2CCCN(C(=O)CC(C)(C)C)C2)cc1. The number of rotatable bonds is 4. The summed E-state index contributed by atoms with van der Waals surface area (Å²) < 4.78 is 5.13. The van der Waals surface area contributed by atoms with Crippen LogP contribution in [0.25, 0.3) is 0 Å². The van der Waals surface area contributed by atoms with E-state index in [1.54, 1.807) is 31.4 Å². The fourth-order valence-electron chi connectivity index (χ4n) is 2.97. The first-order valence-electron chi connectivity index (χ1n) is 8.26. The van der Waals surface area contributed by atoms with Gasteiger partial charge in [0.2, 0.25) is 5.91 Å². The van der Waals surface area contributed by atoms with Gasteiger partial charge in [0.05, 0.1) is 7.11 Å². The van der Waals surface area contributed by atoms with Gasteiger partial charge in [-0.15, -0.1) is 0 Å². The van der Waals surface area contributed by atoms with Gasteiger partial charge >= 0.3 is 0 Å². The van der Waals surface area contributed by atoms with Gasteiger partial charge in [-0.25, -0.2) is 0 Å². The number of ether oxygens (including phenoxy) is 1. The number of nitrogens with zero attached hydrogens (tertiary/aromatic N) is 1. The number of Topliss-reactive ketones (excluding diaryl/α,β-unsaturated/α-hetero) is 1. The standard InChI is InChI=1S/C19H27NO3/c1-19(2,3)12-17(21)20-11-5-6-15(13-20)18(22)14-7-9-16(23-4)10-8-14/h7-10,15H,5-6,11-13H2,1-4H3. The van der Waals surface area contributed by atoms with Gasteiger partial charge in [-0.3, -0.25) is 9.59 Å². The average molecular weight is 317 g/mol. The Morgan fingerprint density at radius 2 is 1.87 bits per heavy atom. The van der Waals surface area contributed by atoms with Crippen LogP contribution in [0.15, 0.2) is 24.3 Å². The Morgan fingerprint density at radius 1 is 1.22 bits per heavy atom. The molecule has 4 nitrogen and oxygen atoms in total. The normalized spacial score (nSPS) is 18.6. The van der Waals surface area contributed by atoms with Crippen molar-refractivity contribution in [2.24, 2.45) is 11.3 Å². The number of hydrogen-bond acceptors (Lipinski definition) is 3. The van der Waals surface area contributed by atoms with Crippen LogP contribution in [0.4, 0.5) is 0 Å². The molecule has 1 heterocycles. The van der Waals surface area contributed by atoms with Crippen LogP contribution in [0.2, 0.25) is 0 Å². The quantitative estimate of drug-likeness (QED) is 0.798. The van der Waals surface area contributed by atoms with Gasteiger partial charge in [0, 0.05) is 31.0 Å². The van der Waals surface area contributed by atoms with E-state index in [9.17, 15) is 9.59 Å². The summed E-state index contributed by atoms with van der Waals surface area (Å²) in [5, 5.41) is 0. The van der Waals surface area contributed by atoms with Crippen LogP contribution in [0.5, 0.6) is 5.75 Å². The third-order valence-corrected chi connectivity index (χ3v) is 4.20. The molecule has 126 valence electrons. The fourth-order valence-corrected chi connectivity index (χ4v) is 2.97. The number of methoxy groups -OCH3 is 1. The summed E-state index contributed by atoms with van der Waals surface area (Å²) in [7, 11) is 1.61. The highest BCUT2D eigenvalue weighted by atomic mass is 16.5. The molecule has 1 aromatic carbocycles. The van der Waals surface area contributed by atoms with Crippen LogP contribution in [0.3, 0.4) is 0 Å². The largest absolute Gasteiger partial charge is 0.497 e. The average Bonchev–Trinajstić information content (AvgIpc) is 2.53. The molecular weight excluding hydrogens is 290 g/mol. The van der Waals surface area contributed by atoms with Gasteiger partial charge in [-0.2, -0.15) is 0 Å². The highest BCUT2D eigenvalue weighted by Crippen LogP contribution is 2.25. The molecule has 0 radical (unpaired) electrons. The molecule has 1 unspecified atom stereocenters. The summed E-state index contributed by atoms with van der Waals surface area (Å²) in [4.78, 5) is 26.9. The maximum absolute atomic E-state index is 12.7. The molecule has 1 amide bonds. The van der Waals surface area contributed by atoms with Crippen molar-refractivity contribution in [3.63, 3.8) is 0 Å². The van der Waals surface area contributed by atoms with Crippen LogP contribution >= 0.6 is 0 Å². The van der Waals surface area contributed by atoms with E-state index in [4.69, 9.17) is 4.74 Å². The predicted molar refractivity (Wildman–Crippen MR) is 90.7 cm³/mol. The number of piperidine rings is 1. The molecule has 1 fully saturated rings. The van der Waals surface area contributed by atoms with Crippen LogP contribution in [-0.2, 0) is 4.79 Å². The molecule has 0 bridgehead atoms. The first kappa shape index (κ1) is 17.5. The van der Waals surface area contributed by atoms with Crippen LogP contribution in [-0.4, -0.2) is 36.8 Å². The van der Waals surface area contributed by atoms with E-state index in [-0.39, 0.29) is 23.0 Å². The lowest BCUT2D eigenvalue weighted by Crippen LogP contribution is -2.43. The maximum atomic E-state index is 12.7. The first-order valence-corrected chi connectivity index (χ1v) is 8.26. The summed E-state index contributed by atoms with van der Waals surface area (Å²) in [6, 6.07) is 7.21. The molecule has 1 atom stereocenters. The predicted octanol–water partition coefficient (Wildman–Crippen LogP) is 3.55. The monoisotopic (exact) mass is 317 g/mol. The van der Waals surface area contributed by atoms with E-state index in [0.717, 1.165) is 25.1 Å². The second-order valence-electron chi connectivity index (χ2n) is 7.51. The second-order valence-corrected chi connectivity index (χ2v) is 7.51. The molecular formula is C19H27NO3. The van der Waals surface area contributed by atoms with Crippen molar-refractivity contribution in [3.8, 4) is 5.75 Å². The summed E-state index contributed by atoms with van der Waals surface area (Å²) in [5.74, 6) is 0.930. The number of benzene rings is 1. The molecule has 0 aromatic heterocycles. The highest BCUT2D eigenvalue weighted by molar-refractivity contribution is 5.98. The molecule has 4 heteroatoms. The Labute approximate surface area is 138 Å². The molecule has 23 heavy (non-hydrogen) atoms. The fraction of sp³-hybridized carbons (Fsp3) is 0.579. The Bertz CT molecular complexity index is 557. The van der Waals surface area contributed by atoms with E-state index >= 15 is 0 Å². The van der Waals surface area contributed by atoms with Gasteiger partial charge in [-0.05, 0) is 42.5 Å². The summed E-state index contributed by atoms with van der Waals surface area (Å²) in [6.07, 6.45) is 2.27. The molecule has 0 spiro atoms. The third kappa shape index (κ3) is 4.81. The zero-order chi connectivity index (χ0) is 17.0. The molecule has 0 N–H and O–H groups in total. The Kier molecular flexibility index (Phi) is 5.45. The lowest BCUT2D eigenvalue weighted by Gasteiger charge is -2.33. The van der Waals surface area contributed by atoms with Gasteiger partial charge < -0.3 is 9.64 Å². The van der Waals surface area contributed by atoms with Crippen molar-refractivity contribution in [3.05, 3.63) is 29.8 Å². The van der Waals surface area contributed by atoms with Crippen molar-refractivity contribution in [1.82, 2.24) is 4.90 Å². The minimum atomic E-state index is -0.0962. The Balaban J connectivity index is 2.02. The Hall–Kier alpha value is -1.84. The van der Waals surface area contributed by atoms with Gasteiger partial charge in [0.1, 0.15) is 5.75 Å². The van der Waals surface area contributed by atoms with Crippen molar-refractivity contribution in [2.75, 3.05) is 20.2 Å². The lowest BCUT2D eigenvalue weighted by atomic mass is 9.88. The number of ketones is 1. The number of carbonyl (C=O) groups excluding carboxylic acids is 2. The summed E-state index contributed by atoms with van der Waals surface area (Å²) in [5.41, 5.74) is 0.672. The van der Waals surface area contributed by atoms with E-state index in [1.807, 2.05) is 4.90 Å². The van der Waals surface area contributed by atoms with E-state index < -0.39 is 0 Å². The minimum absolute atomic E-state index is 0.0238. The van der Waals surface area contributed by atoms with Crippen molar-refractivity contribution in [2.45, 2.75) is 40.0 Å². The maximum Gasteiger partial charge on any atom is 0.223 e. The summed E-state index contributed by atoms with van der Waals surface area (Å²) in [6.45, 7) is 7.50. The number of hydrogen-bond donors (Lipinski definition) is 0. The highest BCUT2D eigenvalue weighted by Gasteiger charge is 2.30. The molecule has 1 saturated heterocycles. The Morgan fingerprint density at radius 3 is 2.43 bits per heavy atom. The number of likely N-dealkylation sites (tertiary alicyclic amines) is 1. The summed E-state index contributed by atoms with van der Waals surface area (Å²) >= 11 is 0. The molecule has 0 saturated carbocycles. The molecule has 1 aromatic rings. The smallest absolute Gasteiger partial charge is 0.223 e. The van der Waals surface area contributed by atoms with E-state index in [1.165, 1.54) is 0 Å². The van der Waals surface area contributed by atoms with Crippen LogP contribution < -0.4 is 4.74 Å². The zero-order valence-electron chi connectivity index (χ0n) is 14.6. The minimum Gasteiger partial charge on any atom is -0.497 e. The molecule has 2 rings (SSSR count). The van der Waals surface area contributed by atoms with E-state index in [2.05, 4.69) is 20.8 Å². The van der Waals surface area contributed by atoms with Gasteiger partial charge in [0.25, 0.3) is 0 Å². The molecule has 0 aliphatic carbocycles. The van der Waals surface area contributed by atoms with Crippen LogP contribution in [0, 0.1) is 11.3 Å². The number of amides is 1. The van der Waals surface area contributed by atoms with Crippen molar-refractivity contribution in [1.29, 1.82) is 0 Å². The van der Waals surface area contributed by atoms with Gasteiger partial charge in [-0.1, -0.05) is 20.8 Å². The topological polar surface area (TPSA) is 46.6 Å². The third-order valence-electron chi connectivity index (χ3n) is 4.20.